The first-order chi connectivity index (χ1) is 12.2. The van der Waals surface area contributed by atoms with Crippen molar-refractivity contribution in [1.29, 1.82) is 0 Å². The van der Waals surface area contributed by atoms with Gasteiger partial charge in [0.15, 0.2) is 0 Å². The summed E-state index contributed by atoms with van der Waals surface area (Å²) in [5.41, 5.74) is -0.279. The number of carbonyl (C=O) groups excluding carboxylic acids is 2. The van der Waals surface area contributed by atoms with Gasteiger partial charge in [-0.25, -0.2) is 0 Å². The van der Waals surface area contributed by atoms with Gasteiger partial charge in [-0.3, -0.25) is 9.59 Å². The molecule has 26 heavy (non-hydrogen) atoms. The Bertz CT molecular complexity index is 795. The molecule has 0 unspecified atom stereocenters. The Labute approximate surface area is 153 Å². The number of nitrogens with zero attached hydrogens (tertiary/aromatic N) is 1. The van der Waals surface area contributed by atoms with Crippen LogP contribution >= 0.6 is 11.6 Å². The standard InChI is InChI=1S/C18H16ClF3N2O2/c1-24(17(26)9-12-5-3-2-4-6-12)11-16(25)23-13-7-8-15(19)14(10-13)18(20,21)22/h2-8,10H,9,11H2,1H3,(H,23,25). The molecule has 1 N–H and O–H groups in total. The zero-order valence-corrected chi connectivity index (χ0v) is 14.6. The molecular formula is C18H16ClF3N2O2. The van der Waals surface area contributed by atoms with Crippen molar-refractivity contribution in [3.63, 3.8) is 0 Å². The van der Waals surface area contributed by atoms with Gasteiger partial charge in [0.1, 0.15) is 0 Å². The molecule has 138 valence electrons. The fraction of sp³-hybridized carbons (Fsp3) is 0.222. The molecule has 0 heterocycles. The topological polar surface area (TPSA) is 49.4 Å². The fourth-order valence-corrected chi connectivity index (χ4v) is 2.45. The maximum Gasteiger partial charge on any atom is 0.417 e. The van der Waals surface area contributed by atoms with E-state index in [1.165, 1.54) is 18.0 Å². The third-order valence-corrected chi connectivity index (χ3v) is 3.89. The van der Waals surface area contributed by atoms with Crippen molar-refractivity contribution in [2.24, 2.45) is 0 Å². The summed E-state index contributed by atoms with van der Waals surface area (Å²) in [6.45, 7) is -0.282. The van der Waals surface area contributed by atoms with Crippen LogP contribution in [0.25, 0.3) is 0 Å². The minimum absolute atomic E-state index is 0.0457. The van der Waals surface area contributed by atoms with Crippen LogP contribution in [0.5, 0.6) is 0 Å². The van der Waals surface area contributed by atoms with Gasteiger partial charge in [0, 0.05) is 12.7 Å². The second kappa shape index (κ2) is 8.23. The number of alkyl halides is 3. The lowest BCUT2D eigenvalue weighted by Crippen LogP contribution is -2.35. The van der Waals surface area contributed by atoms with Gasteiger partial charge in [-0.2, -0.15) is 13.2 Å². The molecule has 0 saturated heterocycles. The molecule has 0 aromatic heterocycles. The van der Waals surface area contributed by atoms with Crippen LogP contribution in [0.4, 0.5) is 18.9 Å². The number of rotatable bonds is 5. The van der Waals surface area contributed by atoms with E-state index in [0.717, 1.165) is 17.7 Å². The second-order valence-corrected chi connectivity index (χ2v) is 6.06. The number of carbonyl (C=O) groups is 2. The van der Waals surface area contributed by atoms with Gasteiger partial charge in [0.25, 0.3) is 0 Å². The smallest absolute Gasteiger partial charge is 0.336 e. The van der Waals surface area contributed by atoms with Crippen LogP contribution in [0, 0.1) is 0 Å². The van der Waals surface area contributed by atoms with Crippen LogP contribution in [0.15, 0.2) is 48.5 Å². The van der Waals surface area contributed by atoms with Crippen LogP contribution in [-0.2, 0) is 22.2 Å². The van der Waals surface area contributed by atoms with E-state index in [2.05, 4.69) is 5.32 Å². The summed E-state index contributed by atoms with van der Waals surface area (Å²) in [6.07, 6.45) is -4.50. The largest absolute Gasteiger partial charge is 0.417 e. The molecule has 2 aromatic rings. The first kappa shape index (κ1) is 19.8. The number of hydrogen-bond acceptors (Lipinski definition) is 2. The minimum atomic E-state index is -4.62. The van der Waals surface area contributed by atoms with Crippen molar-refractivity contribution in [1.82, 2.24) is 4.90 Å². The zero-order chi connectivity index (χ0) is 19.3. The molecule has 8 heteroatoms. The van der Waals surface area contributed by atoms with Crippen molar-refractivity contribution in [2.75, 3.05) is 18.9 Å². The molecule has 2 amide bonds. The summed E-state index contributed by atoms with van der Waals surface area (Å²) < 4.78 is 38.5. The van der Waals surface area contributed by atoms with Crippen molar-refractivity contribution < 1.29 is 22.8 Å². The predicted octanol–water partition coefficient (Wildman–Crippen LogP) is 4.00. The third kappa shape index (κ3) is 5.49. The Balaban J connectivity index is 1.97. The summed E-state index contributed by atoms with van der Waals surface area (Å²) in [7, 11) is 1.45. The van der Waals surface area contributed by atoms with Gasteiger partial charge in [-0.1, -0.05) is 41.9 Å². The average Bonchev–Trinajstić information content (AvgIpc) is 2.56. The minimum Gasteiger partial charge on any atom is -0.336 e. The number of halogens is 4. The van der Waals surface area contributed by atoms with E-state index in [1.54, 1.807) is 24.3 Å². The first-order valence-electron chi connectivity index (χ1n) is 7.61. The van der Waals surface area contributed by atoms with Crippen molar-refractivity contribution in [2.45, 2.75) is 12.6 Å². The van der Waals surface area contributed by atoms with E-state index < -0.39 is 22.7 Å². The lowest BCUT2D eigenvalue weighted by atomic mass is 10.1. The van der Waals surface area contributed by atoms with E-state index in [1.807, 2.05) is 6.07 Å². The third-order valence-electron chi connectivity index (χ3n) is 3.56. The SMILES string of the molecule is CN(CC(=O)Nc1ccc(Cl)c(C(F)(F)F)c1)C(=O)Cc1ccccc1. The molecule has 0 fully saturated rings. The summed E-state index contributed by atoms with van der Waals surface area (Å²) in [6, 6.07) is 12.1. The van der Waals surface area contributed by atoms with Crippen LogP contribution in [0.2, 0.25) is 5.02 Å². The highest BCUT2D eigenvalue weighted by molar-refractivity contribution is 6.31. The Hall–Kier alpha value is -2.54. The van der Waals surface area contributed by atoms with Gasteiger partial charge < -0.3 is 10.2 Å². The number of amides is 2. The summed E-state index contributed by atoms with van der Waals surface area (Å²) >= 11 is 5.53. The van der Waals surface area contributed by atoms with Crippen molar-refractivity contribution in [3.8, 4) is 0 Å². The summed E-state index contributed by atoms with van der Waals surface area (Å²) in [4.78, 5) is 25.3. The van der Waals surface area contributed by atoms with Crippen LogP contribution in [0.3, 0.4) is 0 Å². The molecule has 0 aliphatic rings. The Morgan fingerprint density at radius 3 is 2.38 bits per heavy atom. The lowest BCUT2D eigenvalue weighted by Gasteiger charge is -2.17. The summed E-state index contributed by atoms with van der Waals surface area (Å²) in [5.74, 6) is -0.886. The lowest BCUT2D eigenvalue weighted by molar-refractivity contribution is -0.137. The second-order valence-electron chi connectivity index (χ2n) is 5.65. The van der Waals surface area contributed by atoms with Gasteiger partial charge in [-0.15, -0.1) is 0 Å². The molecule has 0 aliphatic carbocycles. The van der Waals surface area contributed by atoms with Gasteiger partial charge in [0.2, 0.25) is 11.8 Å². The molecule has 0 radical (unpaired) electrons. The van der Waals surface area contributed by atoms with Crippen molar-refractivity contribution >= 4 is 29.1 Å². The highest BCUT2D eigenvalue weighted by Gasteiger charge is 2.33. The highest BCUT2D eigenvalue weighted by Crippen LogP contribution is 2.36. The predicted molar refractivity (Wildman–Crippen MR) is 92.9 cm³/mol. The molecule has 0 atom stereocenters. The Morgan fingerprint density at radius 1 is 1.12 bits per heavy atom. The number of likely N-dealkylation sites (N-methyl/N-ethyl adjacent to an activating group) is 1. The molecule has 0 bridgehead atoms. The maximum atomic E-state index is 12.8. The average molecular weight is 385 g/mol. The molecular weight excluding hydrogens is 369 g/mol. The van der Waals surface area contributed by atoms with E-state index in [0.29, 0.717) is 0 Å². The fourth-order valence-electron chi connectivity index (χ4n) is 2.23. The zero-order valence-electron chi connectivity index (χ0n) is 13.8. The molecule has 0 saturated carbocycles. The normalized spacial score (nSPS) is 11.1. The van der Waals surface area contributed by atoms with Crippen LogP contribution < -0.4 is 5.32 Å². The van der Waals surface area contributed by atoms with E-state index in [-0.39, 0.29) is 24.6 Å². The van der Waals surface area contributed by atoms with Crippen LogP contribution in [0.1, 0.15) is 11.1 Å². The highest BCUT2D eigenvalue weighted by atomic mass is 35.5. The monoisotopic (exact) mass is 384 g/mol. The molecule has 0 spiro atoms. The van der Waals surface area contributed by atoms with Gasteiger partial charge >= 0.3 is 6.18 Å². The van der Waals surface area contributed by atoms with E-state index >= 15 is 0 Å². The Morgan fingerprint density at radius 2 is 1.77 bits per heavy atom. The summed E-state index contributed by atoms with van der Waals surface area (Å²) in [5, 5.41) is 1.89. The van der Waals surface area contributed by atoms with Crippen molar-refractivity contribution in [3.05, 3.63) is 64.7 Å². The van der Waals surface area contributed by atoms with Gasteiger partial charge in [-0.05, 0) is 23.8 Å². The molecule has 0 aliphatic heterocycles. The molecule has 4 nitrogen and oxygen atoms in total. The number of nitrogens with one attached hydrogen (secondary N) is 1. The quantitative estimate of drug-likeness (QED) is 0.847. The van der Waals surface area contributed by atoms with Gasteiger partial charge in [0.05, 0.1) is 23.6 Å². The first-order valence-corrected chi connectivity index (χ1v) is 7.99. The van der Waals surface area contributed by atoms with E-state index in [9.17, 15) is 22.8 Å². The Kier molecular flexibility index (Phi) is 6.26. The number of hydrogen-bond donors (Lipinski definition) is 1. The van der Waals surface area contributed by atoms with Crippen LogP contribution in [-0.4, -0.2) is 30.3 Å². The maximum absolute atomic E-state index is 12.8. The molecule has 2 aromatic carbocycles. The molecule has 2 rings (SSSR count). The number of benzene rings is 2. The van der Waals surface area contributed by atoms with E-state index in [4.69, 9.17) is 11.6 Å². The number of anilines is 1.